The zero-order valence-electron chi connectivity index (χ0n) is 12.8. The van der Waals surface area contributed by atoms with Crippen molar-refractivity contribution in [1.82, 2.24) is 5.01 Å². The Hall–Kier alpha value is -2.27. The number of rotatable bonds is 2. The lowest BCUT2D eigenvalue weighted by atomic mass is 9.92. The van der Waals surface area contributed by atoms with E-state index in [1.165, 1.54) is 17.3 Å². The quantitative estimate of drug-likeness (QED) is 0.921. The Bertz CT molecular complexity index is 790. The van der Waals surface area contributed by atoms with E-state index in [-0.39, 0.29) is 5.91 Å². The van der Waals surface area contributed by atoms with Crippen molar-refractivity contribution >= 4 is 28.5 Å². The molecule has 2 aromatic rings. The Balaban J connectivity index is 1.73. The summed E-state index contributed by atoms with van der Waals surface area (Å²) in [4.78, 5) is 18.0. The molecule has 0 bridgehead atoms. The lowest BCUT2D eigenvalue weighted by Gasteiger charge is -2.24. The van der Waals surface area contributed by atoms with Gasteiger partial charge in [-0.2, -0.15) is 5.01 Å². The first-order valence-corrected chi connectivity index (χ1v) is 8.85. The molecule has 4 nitrogen and oxygen atoms in total. The molecular formula is C18H17N3OS. The number of nitrogens with zero attached hydrogens (tertiary/aromatic N) is 2. The number of thioether (sulfide) groups is 1. The minimum absolute atomic E-state index is 0.00986. The van der Waals surface area contributed by atoms with Crippen molar-refractivity contribution in [2.45, 2.75) is 18.4 Å². The van der Waals surface area contributed by atoms with Crippen LogP contribution in [0.5, 0.6) is 0 Å². The van der Waals surface area contributed by atoms with Crippen LogP contribution in [0.25, 0.3) is 0 Å². The number of nitrogens with one attached hydrogen (secondary N) is 1. The number of aliphatic imine (C=N–C) groups is 1. The summed E-state index contributed by atoms with van der Waals surface area (Å²) in [6, 6.07) is 17.9. The molecule has 0 saturated carbocycles. The molecule has 0 aromatic heterocycles. The van der Waals surface area contributed by atoms with Gasteiger partial charge >= 0.3 is 0 Å². The number of hydrogen-bond acceptors (Lipinski definition) is 4. The second-order valence-electron chi connectivity index (χ2n) is 5.73. The van der Waals surface area contributed by atoms with Crippen LogP contribution in [0.1, 0.15) is 17.5 Å². The largest absolute Gasteiger partial charge is 0.289 e. The highest BCUT2D eigenvalue weighted by atomic mass is 32.2. The van der Waals surface area contributed by atoms with Gasteiger partial charge in [-0.1, -0.05) is 54.2 Å². The van der Waals surface area contributed by atoms with Crippen LogP contribution >= 0.6 is 11.8 Å². The fourth-order valence-corrected chi connectivity index (χ4v) is 3.90. The molecule has 0 fully saturated rings. The SMILES string of the molecule is CSC1=NC2(CCc3ccccc32)C(=O)N1Nc1ccccc1. The number of carbonyl (C=O) groups excluding carboxylic acids is 1. The van der Waals surface area contributed by atoms with E-state index in [1.807, 2.05) is 54.8 Å². The molecule has 1 N–H and O–H groups in total. The van der Waals surface area contributed by atoms with Crippen molar-refractivity contribution in [2.24, 2.45) is 4.99 Å². The molecule has 0 radical (unpaired) electrons. The van der Waals surface area contributed by atoms with Crippen molar-refractivity contribution in [3.63, 3.8) is 0 Å². The third-order valence-corrected chi connectivity index (χ3v) is 5.09. The van der Waals surface area contributed by atoms with Crippen molar-refractivity contribution in [1.29, 1.82) is 0 Å². The average Bonchev–Trinajstić information content (AvgIpc) is 3.10. The van der Waals surface area contributed by atoms with Crippen LogP contribution in [0.15, 0.2) is 59.6 Å². The van der Waals surface area contributed by atoms with Crippen molar-refractivity contribution in [3.05, 3.63) is 65.7 Å². The predicted octanol–water partition coefficient (Wildman–Crippen LogP) is 3.42. The maximum absolute atomic E-state index is 13.2. The fraction of sp³-hybridized carbons (Fsp3) is 0.222. The second-order valence-corrected chi connectivity index (χ2v) is 6.51. The van der Waals surface area contributed by atoms with Crippen molar-refractivity contribution < 1.29 is 4.79 Å². The van der Waals surface area contributed by atoms with Crippen LogP contribution < -0.4 is 5.43 Å². The minimum atomic E-state index is -0.753. The van der Waals surface area contributed by atoms with Gasteiger partial charge in [0.15, 0.2) is 10.7 Å². The first-order valence-electron chi connectivity index (χ1n) is 7.63. The molecule has 1 aliphatic carbocycles. The van der Waals surface area contributed by atoms with E-state index in [0.29, 0.717) is 0 Å². The van der Waals surface area contributed by atoms with Gasteiger partial charge in [0, 0.05) is 0 Å². The van der Waals surface area contributed by atoms with Gasteiger partial charge in [0.2, 0.25) is 0 Å². The van der Waals surface area contributed by atoms with Crippen molar-refractivity contribution in [3.8, 4) is 0 Å². The summed E-state index contributed by atoms with van der Waals surface area (Å²) in [6.07, 6.45) is 3.58. The first kappa shape index (κ1) is 14.3. The molecule has 1 unspecified atom stereocenters. The van der Waals surface area contributed by atoms with Crippen LogP contribution in [0, 0.1) is 0 Å². The number of hydrazine groups is 1. The summed E-state index contributed by atoms with van der Waals surface area (Å²) >= 11 is 1.49. The van der Waals surface area contributed by atoms with Crippen LogP contribution in [-0.4, -0.2) is 22.3 Å². The molecule has 5 heteroatoms. The van der Waals surface area contributed by atoms with Gasteiger partial charge in [-0.05, 0) is 42.4 Å². The molecule has 1 heterocycles. The number of aryl methyl sites for hydroxylation is 1. The van der Waals surface area contributed by atoms with E-state index >= 15 is 0 Å². The number of amidine groups is 1. The molecule has 23 heavy (non-hydrogen) atoms. The zero-order chi connectivity index (χ0) is 15.9. The summed E-state index contributed by atoms with van der Waals surface area (Å²) in [5.74, 6) is 0.00986. The standard InChI is InChI=1S/C18H17N3OS/c1-23-17-19-18(12-11-13-7-5-6-10-15(13)18)16(22)21(17)20-14-8-3-2-4-9-14/h2-10,20H,11-12H2,1H3. The van der Waals surface area contributed by atoms with Crippen LogP contribution in [0.2, 0.25) is 0 Å². The van der Waals surface area contributed by atoms with E-state index in [0.717, 1.165) is 29.3 Å². The van der Waals surface area contributed by atoms with Gasteiger partial charge in [0.25, 0.3) is 5.91 Å². The van der Waals surface area contributed by atoms with Gasteiger partial charge in [-0.25, -0.2) is 4.99 Å². The Morgan fingerprint density at radius 2 is 1.87 bits per heavy atom. The number of carbonyl (C=O) groups is 1. The molecule has 1 amide bonds. The van der Waals surface area contributed by atoms with E-state index in [9.17, 15) is 4.79 Å². The number of anilines is 1. The maximum Gasteiger partial charge on any atom is 0.280 e. The lowest BCUT2D eigenvalue weighted by molar-refractivity contribution is -0.130. The van der Waals surface area contributed by atoms with Crippen LogP contribution in [0.3, 0.4) is 0 Å². The number of fused-ring (bicyclic) bond motifs is 2. The fourth-order valence-electron chi connectivity index (χ4n) is 3.34. The molecular weight excluding hydrogens is 306 g/mol. The molecule has 0 saturated heterocycles. The van der Waals surface area contributed by atoms with E-state index in [4.69, 9.17) is 4.99 Å². The third kappa shape index (κ3) is 2.15. The normalized spacial score (nSPS) is 22.4. The van der Waals surface area contributed by atoms with E-state index in [2.05, 4.69) is 11.5 Å². The van der Waals surface area contributed by atoms with Crippen molar-refractivity contribution in [2.75, 3.05) is 11.7 Å². The molecule has 1 spiro atoms. The highest BCUT2D eigenvalue weighted by Crippen LogP contribution is 2.45. The van der Waals surface area contributed by atoms with Crippen LogP contribution in [-0.2, 0) is 16.8 Å². The molecule has 116 valence electrons. The predicted molar refractivity (Wildman–Crippen MR) is 94.3 cm³/mol. The molecule has 4 rings (SSSR count). The minimum Gasteiger partial charge on any atom is -0.289 e. The zero-order valence-corrected chi connectivity index (χ0v) is 13.6. The van der Waals surface area contributed by atoms with Gasteiger partial charge in [0.1, 0.15) is 0 Å². The van der Waals surface area contributed by atoms with Gasteiger partial charge in [0.05, 0.1) is 5.69 Å². The molecule has 1 aliphatic heterocycles. The smallest absolute Gasteiger partial charge is 0.280 e. The third-order valence-electron chi connectivity index (χ3n) is 4.45. The van der Waals surface area contributed by atoms with E-state index in [1.54, 1.807) is 5.01 Å². The maximum atomic E-state index is 13.2. The Kier molecular flexibility index (Phi) is 3.38. The Morgan fingerprint density at radius 3 is 2.65 bits per heavy atom. The summed E-state index contributed by atoms with van der Waals surface area (Å²) in [7, 11) is 0. The van der Waals surface area contributed by atoms with Gasteiger partial charge < -0.3 is 0 Å². The van der Waals surface area contributed by atoms with Crippen LogP contribution in [0.4, 0.5) is 5.69 Å². The number of amides is 1. The number of hydrogen-bond donors (Lipinski definition) is 1. The van der Waals surface area contributed by atoms with Gasteiger partial charge in [-0.3, -0.25) is 10.2 Å². The first-order chi connectivity index (χ1) is 11.2. The topological polar surface area (TPSA) is 44.7 Å². The summed E-state index contributed by atoms with van der Waals surface area (Å²) in [5, 5.41) is 2.32. The Labute approximate surface area is 139 Å². The Morgan fingerprint density at radius 1 is 1.13 bits per heavy atom. The molecule has 2 aliphatic rings. The summed E-state index contributed by atoms with van der Waals surface area (Å²) in [6.45, 7) is 0. The van der Waals surface area contributed by atoms with E-state index < -0.39 is 5.54 Å². The van der Waals surface area contributed by atoms with Gasteiger partial charge in [-0.15, -0.1) is 0 Å². The number of benzene rings is 2. The summed E-state index contributed by atoms with van der Waals surface area (Å²) in [5.41, 5.74) is 5.61. The highest BCUT2D eigenvalue weighted by Gasteiger charge is 2.53. The molecule has 2 aromatic carbocycles. The summed E-state index contributed by atoms with van der Waals surface area (Å²) < 4.78 is 0. The second kappa shape index (κ2) is 5.42. The lowest BCUT2D eigenvalue weighted by Crippen LogP contribution is -2.42. The highest BCUT2D eigenvalue weighted by molar-refractivity contribution is 8.13. The number of para-hydroxylation sites is 1. The average molecular weight is 323 g/mol. The monoisotopic (exact) mass is 323 g/mol. The molecule has 1 atom stereocenters.